The molecular formula is C15H18O2. The lowest BCUT2D eigenvalue weighted by Crippen LogP contribution is -2.02. The zero-order valence-corrected chi connectivity index (χ0v) is 10.5. The van der Waals surface area contributed by atoms with Crippen LogP contribution in [-0.4, -0.2) is 12.9 Å². The number of ketones is 1. The summed E-state index contributed by atoms with van der Waals surface area (Å²) in [6, 6.07) is 6.21. The van der Waals surface area contributed by atoms with Gasteiger partial charge in [-0.2, -0.15) is 0 Å². The molecule has 0 bridgehead atoms. The largest absolute Gasteiger partial charge is 0.496 e. The molecular weight excluding hydrogens is 212 g/mol. The number of carbonyl (C=O) groups is 1. The number of allylic oxidation sites excluding steroid dienone is 1. The van der Waals surface area contributed by atoms with Gasteiger partial charge in [-0.15, -0.1) is 0 Å². The van der Waals surface area contributed by atoms with Gasteiger partial charge in [0, 0.05) is 17.9 Å². The van der Waals surface area contributed by atoms with Crippen LogP contribution >= 0.6 is 0 Å². The summed E-state index contributed by atoms with van der Waals surface area (Å²) in [4.78, 5) is 11.6. The molecule has 0 aromatic heterocycles. The maximum Gasteiger partial charge on any atom is 0.158 e. The number of ether oxygens (including phenoxy) is 1. The minimum Gasteiger partial charge on any atom is -0.496 e. The van der Waals surface area contributed by atoms with Crippen molar-refractivity contribution in [2.75, 3.05) is 7.11 Å². The van der Waals surface area contributed by atoms with E-state index in [-0.39, 0.29) is 11.7 Å². The van der Waals surface area contributed by atoms with Gasteiger partial charge < -0.3 is 4.74 Å². The van der Waals surface area contributed by atoms with Crippen molar-refractivity contribution in [3.8, 4) is 5.75 Å². The van der Waals surface area contributed by atoms with Crippen LogP contribution in [-0.2, 0) is 11.2 Å². The summed E-state index contributed by atoms with van der Waals surface area (Å²) in [5.74, 6) is 1.20. The Morgan fingerprint density at radius 1 is 1.47 bits per heavy atom. The molecule has 1 fully saturated rings. The molecule has 0 saturated heterocycles. The van der Waals surface area contributed by atoms with Crippen LogP contribution < -0.4 is 4.74 Å². The first-order chi connectivity index (χ1) is 8.17. The van der Waals surface area contributed by atoms with Crippen LogP contribution in [0.2, 0.25) is 0 Å². The van der Waals surface area contributed by atoms with Gasteiger partial charge in [-0.1, -0.05) is 25.6 Å². The molecule has 2 heteroatoms. The number of aryl methyl sites for hydroxylation is 1. The number of carbonyl (C=O) groups excluding carboxylic acids is 1. The molecule has 0 heterocycles. The Labute approximate surface area is 102 Å². The highest BCUT2D eigenvalue weighted by molar-refractivity contribution is 5.98. The van der Waals surface area contributed by atoms with E-state index in [1.54, 1.807) is 7.11 Å². The van der Waals surface area contributed by atoms with E-state index in [1.807, 2.05) is 6.07 Å². The summed E-state index contributed by atoms with van der Waals surface area (Å²) in [6.45, 7) is 6.04. The number of methoxy groups -OCH3 is 1. The van der Waals surface area contributed by atoms with Crippen LogP contribution in [0, 0.1) is 0 Å². The van der Waals surface area contributed by atoms with E-state index in [0.29, 0.717) is 6.42 Å². The third kappa shape index (κ3) is 2.12. The molecule has 2 nitrogen and oxygen atoms in total. The highest BCUT2D eigenvalue weighted by atomic mass is 16.5. The molecule has 0 spiro atoms. The SMILES string of the molecule is C=C1C(=O)CCC1c1cc(CC)ccc1OC. The Bertz CT molecular complexity index is 460. The van der Waals surface area contributed by atoms with Crippen LogP contribution in [0.25, 0.3) is 0 Å². The lowest BCUT2D eigenvalue weighted by atomic mass is 9.92. The number of hydrogen-bond donors (Lipinski definition) is 0. The van der Waals surface area contributed by atoms with Crippen LogP contribution in [0.5, 0.6) is 5.75 Å². The number of benzene rings is 1. The highest BCUT2D eigenvalue weighted by Crippen LogP contribution is 2.40. The van der Waals surface area contributed by atoms with Crippen molar-refractivity contribution in [2.45, 2.75) is 32.1 Å². The lowest BCUT2D eigenvalue weighted by molar-refractivity contribution is -0.114. The van der Waals surface area contributed by atoms with Crippen molar-refractivity contribution in [1.29, 1.82) is 0 Å². The van der Waals surface area contributed by atoms with Crippen molar-refractivity contribution in [3.05, 3.63) is 41.5 Å². The van der Waals surface area contributed by atoms with Crippen LogP contribution in [0.4, 0.5) is 0 Å². The lowest BCUT2D eigenvalue weighted by Gasteiger charge is -2.16. The van der Waals surface area contributed by atoms with Gasteiger partial charge in [0.15, 0.2) is 5.78 Å². The molecule has 0 aliphatic heterocycles. The van der Waals surface area contributed by atoms with Crippen LogP contribution in [0.1, 0.15) is 36.8 Å². The molecule has 0 N–H and O–H groups in total. The predicted octanol–water partition coefficient (Wildman–Crippen LogP) is 3.26. The first-order valence-electron chi connectivity index (χ1n) is 6.06. The summed E-state index contributed by atoms with van der Waals surface area (Å²) in [7, 11) is 1.67. The van der Waals surface area contributed by atoms with E-state index < -0.39 is 0 Å². The molecule has 0 amide bonds. The second-order valence-electron chi connectivity index (χ2n) is 4.47. The van der Waals surface area contributed by atoms with Crippen LogP contribution in [0.3, 0.4) is 0 Å². The third-order valence-corrected chi connectivity index (χ3v) is 3.52. The summed E-state index contributed by atoms with van der Waals surface area (Å²) >= 11 is 0. The Morgan fingerprint density at radius 3 is 2.76 bits per heavy atom. The monoisotopic (exact) mass is 230 g/mol. The van der Waals surface area contributed by atoms with E-state index in [2.05, 4.69) is 25.6 Å². The Kier molecular flexibility index (Phi) is 3.32. The van der Waals surface area contributed by atoms with Gasteiger partial charge in [0.05, 0.1) is 7.11 Å². The van der Waals surface area contributed by atoms with Crippen molar-refractivity contribution in [3.63, 3.8) is 0 Å². The van der Waals surface area contributed by atoms with Gasteiger partial charge in [0.25, 0.3) is 0 Å². The Hall–Kier alpha value is -1.57. The normalized spacial score (nSPS) is 19.8. The minimum absolute atomic E-state index is 0.143. The van der Waals surface area contributed by atoms with Gasteiger partial charge >= 0.3 is 0 Å². The maximum absolute atomic E-state index is 11.6. The van der Waals surface area contributed by atoms with Gasteiger partial charge in [-0.3, -0.25) is 4.79 Å². The van der Waals surface area contributed by atoms with Crippen molar-refractivity contribution in [1.82, 2.24) is 0 Å². The van der Waals surface area contributed by atoms with Crippen molar-refractivity contribution in [2.24, 2.45) is 0 Å². The van der Waals surface area contributed by atoms with Crippen molar-refractivity contribution >= 4 is 5.78 Å². The van der Waals surface area contributed by atoms with Gasteiger partial charge in [-0.05, 0) is 30.0 Å². The molecule has 1 unspecified atom stereocenters. The predicted molar refractivity (Wildman–Crippen MR) is 68.5 cm³/mol. The second-order valence-corrected chi connectivity index (χ2v) is 4.47. The Balaban J connectivity index is 2.42. The molecule has 1 aliphatic rings. The number of hydrogen-bond acceptors (Lipinski definition) is 2. The summed E-state index contributed by atoms with van der Waals surface area (Å²) in [5.41, 5.74) is 3.12. The molecule has 1 atom stereocenters. The molecule has 1 aliphatic carbocycles. The van der Waals surface area contributed by atoms with Gasteiger partial charge in [0.1, 0.15) is 5.75 Å². The van der Waals surface area contributed by atoms with E-state index in [4.69, 9.17) is 4.74 Å². The first kappa shape index (κ1) is 11.9. The quantitative estimate of drug-likeness (QED) is 0.745. The zero-order valence-electron chi connectivity index (χ0n) is 10.5. The molecule has 1 aromatic rings. The van der Waals surface area contributed by atoms with E-state index in [9.17, 15) is 4.79 Å². The summed E-state index contributed by atoms with van der Waals surface area (Å²) < 4.78 is 5.39. The fraction of sp³-hybridized carbons (Fsp3) is 0.400. The molecule has 1 saturated carbocycles. The van der Waals surface area contributed by atoms with E-state index >= 15 is 0 Å². The molecule has 1 aromatic carbocycles. The standard InChI is InChI=1S/C15H18O2/c1-4-11-5-8-15(17-3)13(9-11)12-6-7-14(16)10(12)2/h5,8-9,12H,2,4,6-7H2,1,3H3. The topological polar surface area (TPSA) is 26.3 Å². The maximum atomic E-state index is 11.6. The number of Topliss-reactive ketones (excluding diaryl/α,β-unsaturated/α-hetero) is 1. The average Bonchev–Trinajstić information content (AvgIpc) is 2.69. The summed E-state index contributed by atoms with van der Waals surface area (Å²) in [5, 5.41) is 0. The minimum atomic E-state index is 0.143. The van der Waals surface area contributed by atoms with Gasteiger partial charge in [-0.25, -0.2) is 0 Å². The summed E-state index contributed by atoms with van der Waals surface area (Å²) in [6.07, 6.45) is 2.47. The fourth-order valence-electron chi connectivity index (χ4n) is 2.42. The zero-order chi connectivity index (χ0) is 12.4. The third-order valence-electron chi connectivity index (χ3n) is 3.52. The number of rotatable bonds is 3. The molecule has 2 rings (SSSR count). The second kappa shape index (κ2) is 4.74. The highest BCUT2D eigenvalue weighted by Gasteiger charge is 2.30. The average molecular weight is 230 g/mol. The smallest absolute Gasteiger partial charge is 0.158 e. The van der Waals surface area contributed by atoms with Gasteiger partial charge in [0.2, 0.25) is 0 Å². The van der Waals surface area contributed by atoms with Crippen molar-refractivity contribution < 1.29 is 9.53 Å². The Morgan fingerprint density at radius 2 is 2.24 bits per heavy atom. The first-order valence-corrected chi connectivity index (χ1v) is 6.06. The molecule has 0 radical (unpaired) electrons. The fourth-order valence-corrected chi connectivity index (χ4v) is 2.42. The van der Waals surface area contributed by atoms with E-state index in [1.165, 1.54) is 5.56 Å². The molecule has 17 heavy (non-hydrogen) atoms. The van der Waals surface area contributed by atoms with Crippen LogP contribution in [0.15, 0.2) is 30.4 Å². The van der Waals surface area contributed by atoms with E-state index in [0.717, 1.165) is 29.7 Å². The molecule has 90 valence electrons.